The third-order valence-electron chi connectivity index (χ3n) is 4.12. The first-order valence-corrected chi connectivity index (χ1v) is 9.17. The van der Waals surface area contributed by atoms with Gasteiger partial charge in [0.05, 0.1) is 17.8 Å². The molecule has 0 aliphatic heterocycles. The SMILES string of the molecule is COc1ccc(CCC(=O)NC(c2ccccc2)c2ccco2)cc1Br. The van der Waals surface area contributed by atoms with Gasteiger partial charge in [0.1, 0.15) is 17.6 Å². The van der Waals surface area contributed by atoms with Crippen LogP contribution in [0.1, 0.15) is 29.3 Å². The van der Waals surface area contributed by atoms with E-state index >= 15 is 0 Å². The van der Waals surface area contributed by atoms with Crippen LogP contribution in [-0.2, 0) is 11.2 Å². The molecule has 26 heavy (non-hydrogen) atoms. The van der Waals surface area contributed by atoms with Gasteiger partial charge in [-0.1, -0.05) is 36.4 Å². The summed E-state index contributed by atoms with van der Waals surface area (Å²) < 4.78 is 11.6. The zero-order valence-corrected chi connectivity index (χ0v) is 16.0. The van der Waals surface area contributed by atoms with E-state index in [-0.39, 0.29) is 11.9 Å². The Morgan fingerprint density at radius 2 is 1.96 bits per heavy atom. The van der Waals surface area contributed by atoms with Crippen molar-refractivity contribution in [1.29, 1.82) is 0 Å². The standard InChI is InChI=1S/C21H20BrNO3/c1-25-18-11-9-15(14-17(18)22)10-12-20(24)23-21(19-8-5-13-26-19)16-6-3-2-4-7-16/h2-9,11,13-14,21H,10,12H2,1H3,(H,23,24). The summed E-state index contributed by atoms with van der Waals surface area (Å²) in [5, 5.41) is 3.07. The molecule has 2 aromatic carbocycles. The van der Waals surface area contributed by atoms with E-state index < -0.39 is 0 Å². The van der Waals surface area contributed by atoms with Gasteiger partial charge < -0.3 is 14.5 Å². The highest BCUT2D eigenvalue weighted by Gasteiger charge is 2.19. The monoisotopic (exact) mass is 413 g/mol. The van der Waals surface area contributed by atoms with E-state index in [4.69, 9.17) is 9.15 Å². The molecule has 1 heterocycles. The summed E-state index contributed by atoms with van der Waals surface area (Å²) in [6, 6.07) is 19.1. The van der Waals surface area contributed by atoms with Crippen molar-refractivity contribution in [2.75, 3.05) is 7.11 Å². The number of furan rings is 1. The van der Waals surface area contributed by atoms with E-state index in [9.17, 15) is 4.79 Å². The predicted molar refractivity (Wildman–Crippen MR) is 104 cm³/mol. The molecule has 1 unspecified atom stereocenters. The van der Waals surface area contributed by atoms with E-state index in [2.05, 4.69) is 21.2 Å². The Labute approximate surface area is 161 Å². The van der Waals surface area contributed by atoms with Crippen molar-refractivity contribution < 1.29 is 13.9 Å². The lowest BCUT2D eigenvalue weighted by molar-refractivity contribution is -0.121. The van der Waals surface area contributed by atoms with Gasteiger partial charge in [-0.25, -0.2) is 0 Å². The van der Waals surface area contributed by atoms with Gasteiger partial charge in [0, 0.05) is 6.42 Å². The van der Waals surface area contributed by atoms with Gasteiger partial charge in [-0.05, 0) is 57.7 Å². The first kappa shape index (κ1) is 18.3. The molecule has 1 amide bonds. The number of carbonyl (C=O) groups is 1. The number of halogens is 1. The first-order chi connectivity index (χ1) is 12.7. The van der Waals surface area contributed by atoms with Gasteiger partial charge >= 0.3 is 0 Å². The van der Waals surface area contributed by atoms with Crippen LogP contribution in [0.5, 0.6) is 5.75 Å². The zero-order chi connectivity index (χ0) is 18.4. The summed E-state index contributed by atoms with van der Waals surface area (Å²) in [6.07, 6.45) is 2.66. The average Bonchev–Trinajstić information content (AvgIpc) is 3.19. The van der Waals surface area contributed by atoms with Crippen LogP contribution in [-0.4, -0.2) is 13.0 Å². The Kier molecular flexibility index (Phi) is 6.12. The summed E-state index contributed by atoms with van der Waals surface area (Å²) in [5.74, 6) is 1.47. The van der Waals surface area contributed by atoms with Crippen LogP contribution in [0.25, 0.3) is 0 Å². The van der Waals surface area contributed by atoms with Gasteiger partial charge in [-0.2, -0.15) is 0 Å². The van der Waals surface area contributed by atoms with Crippen molar-refractivity contribution in [2.24, 2.45) is 0 Å². The molecule has 0 spiro atoms. The van der Waals surface area contributed by atoms with Gasteiger partial charge in [-0.3, -0.25) is 4.79 Å². The number of carbonyl (C=O) groups excluding carboxylic acids is 1. The highest BCUT2D eigenvalue weighted by atomic mass is 79.9. The molecule has 4 nitrogen and oxygen atoms in total. The number of hydrogen-bond donors (Lipinski definition) is 1. The van der Waals surface area contributed by atoms with Crippen molar-refractivity contribution >= 4 is 21.8 Å². The van der Waals surface area contributed by atoms with Gasteiger partial charge in [-0.15, -0.1) is 0 Å². The number of rotatable bonds is 7. The third kappa shape index (κ3) is 4.55. The van der Waals surface area contributed by atoms with Crippen molar-refractivity contribution in [2.45, 2.75) is 18.9 Å². The summed E-state index contributed by atoms with van der Waals surface area (Å²) >= 11 is 3.47. The normalized spacial score (nSPS) is 11.8. The predicted octanol–water partition coefficient (Wildman–Crippen LogP) is 4.89. The van der Waals surface area contributed by atoms with Crippen molar-refractivity contribution in [3.8, 4) is 5.75 Å². The summed E-state index contributed by atoms with van der Waals surface area (Å²) in [4.78, 5) is 12.5. The van der Waals surface area contributed by atoms with Crippen LogP contribution >= 0.6 is 15.9 Å². The van der Waals surface area contributed by atoms with Gasteiger partial charge in [0.2, 0.25) is 5.91 Å². The maximum absolute atomic E-state index is 12.5. The molecule has 0 saturated heterocycles. The fourth-order valence-corrected chi connectivity index (χ4v) is 3.36. The van der Waals surface area contributed by atoms with Crippen molar-refractivity contribution in [1.82, 2.24) is 5.32 Å². The number of nitrogens with one attached hydrogen (secondary N) is 1. The molecule has 3 aromatic rings. The second kappa shape index (κ2) is 8.72. The maximum Gasteiger partial charge on any atom is 0.221 e. The van der Waals surface area contributed by atoms with Gasteiger partial charge in [0.15, 0.2) is 0 Å². The maximum atomic E-state index is 12.5. The molecule has 0 aliphatic rings. The second-order valence-corrected chi connectivity index (χ2v) is 6.75. The van der Waals surface area contributed by atoms with Crippen LogP contribution < -0.4 is 10.1 Å². The molecule has 0 bridgehead atoms. The smallest absolute Gasteiger partial charge is 0.221 e. The fourth-order valence-electron chi connectivity index (χ4n) is 2.78. The van der Waals surface area contributed by atoms with Crippen molar-refractivity contribution in [3.05, 3.63) is 88.3 Å². The lowest BCUT2D eigenvalue weighted by atomic mass is 10.0. The topological polar surface area (TPSA) is 51.5 Å². The van der Waals surface area contributed by atoms with Crippen molar-refractivity contribution in [3.63, 3.8) is 0 Å². The van der Waals surface area contributed by atoms with E-state index in [0.717, 1.165) is 27.1 Å². The first-order valence-electron chi connectivity index (χ1n) is 8.37. The lowest BCUT2D eigenvalue weighted by Crippen LogP contribution is -2.29. The minimum Gasteiger partial charge on any atom is -0.496 e. The number of ether oxygens (including phenoxy) is 1. The van der Waals surface area contributed by atoms with E-state index in [1.807, 2.05) is 60.7 Å². The molecule has 1 aromatic heterocycles. The summed E-state index contributed by atoms with van der Waals surface area (Å²) in [5.41, 5.74) is 2.06. The Bertz CT molecular complexity index is 847. The summed E-state index contributed by atoms with van der Waals surface area (Å²) in [7, 11) is 1.63. The number of amides is 1. The quantitative estimate of drug-likeness (QED) is 0.599. The van der Waals surface area contributed by atoms with Crippen LogP contribution in [0.3, 0.4) is 0 Å². The highest BCUT2D eigenvalue weighted by molar-refractivity contribution is 9.10. The molecule has 5 heteroatoms. The van der Waals surface area contributed by atoms with Crippen LogP contribution in [0.4, 0.5) is 0 Å². The van der Waals surface area contributed by atoms with E-state index in [1.54, 1.807) is 13.4 Å². The molecular formula is C21H20BrNO3. The molecule has 134 valence electrons. The molecule has 0 aliphatic carbocycles. The van der Waals surface area contributed by atoms with Gasteiger partial charge in [0.25, 0.3) is 0 Å². The molecule has 1 atom stereocenters. The molecule has 1 N–H and O–H groups in total. The molecule has 0 radical (unpaired) electrons. The third-order valence-corrected chi connectivity index (χ3v) is 4.74. The molecule has 3 rings (SSSR count). The minimum absolute atomic E-state index is 0.0257. The number of benzene rings is 2. The fraction of sp³-hybridized carbons (Fsp3) is 0.190. The summed E-state index contributed by atoms with van der Waals surface area (Å²) in [6.45, 7) is 0. The van der Waals surface area contributed by atoms with Crippen LogP contribution in [0.15, 0.2) is 75.8 Å². The zero-order valence-electron chi connectivity index (χ0n) is 14.4. The number of aryl methyl sites for hydroxylation is 1. The van der Waals surface area contributed by atoms with E-state index in [0.29, 0.717) is 12.8 Å². The molecule has 0 saturated carbocycles. The lowest BCUT2D eigenvalue weighted by Gasteiger charge is -2.17. The molecule has 0 fully saturated rings. The second-order valence-electron chi connectivity index (χ2n) is 5.90. The number of hydrogen-bond acceptors (Lipinski definition) is 3. The Morgan fingerprint density at radius 3 is 2.62 bits per heavy atom. The molecular weight excluding hydrogens is 394 g/mol. The Balaban J connectivity index is 1.66. The Morgan fingerprint density at radius 1 is 1.15 bits per heavy atom. The van der Waals surface area contributed by atoms with Crippen LogP contribution in [0.2, 0.25) is 0 Å². The van der Waals surface area contributed by atoms with Crippen LogP contribution in [0, 0.1) is 0 Å². The minimum atomic E-state index is -0.290. The highest BCUT2D eigenvalue weighted by Crippen LogP contribution is 2.26. The average molecular weight is 414 g/mol. The van der Waals surface area contributed by atoms with E-state index in [1.165, 1.54) is 0 Å². The largest absolute Gasteiger partial charge is 0.496 e. The number of methoxy groups -OCH3 is 1. The Hall–Kier alpha value is -2.53.